The lowest BCUT2D eigenvalue weighted by Gasteiger charge is -2.27. The second-order valence-electron chi connectivity index (χ2n) is 5.47. The molecule has 0 aliphatic carbocycles. The monoisotopic (exact) mass is 369 g/mol. The van der Waals surface area contributed by atoms with Crippen molar-refractivity contribution in [3.05, 3.63) is 34.3 Å². The molecular formula is C16H20BrNO4. The summed E-state index contributed by atoms with van der Waals surface area (Å²) in [6.07, 6.45) is 1.70. The molecule has 2 N–H and O–H groups in total. The number of benzene rings is 1. The number of carboxylic acids is 1. The maximum Gasteiger partial charge on any atom is 0.308 e. The molecule has 1 fully saturated rings. The van der Waals surface area contributed by atoms with E-state index in [0.717, 1.165) is 22.9 Å². The zero-order valence-corrected chi connectivity index (χ0v) is 13.8. The normalized spacial score (nSPS) is 17.0. The molecule has 6 heteroatoms. The number of hydrogen-bond donors (Lipinski definition) is 2. The number of ether oxygens (including phenoxy) is 1. The average Bonchev–Trinajstić information content (AvgIpc) is 2.50. The predicted octanol–water partition coefficient (Wildman–Crippen LogP) is 2.24. The highest BCUT2D eigenvalue weighted by atomic mass is 79.9. The van der Waals surface area contributed by atoms with Crippen molar-refractivity contribution in [1.29, 1.82) is 0 Å². The standard InChI is InChI=1S/C16H20BrNO4/c17-14-4-2-1-3-12(14)9-15(19)18-10-13(16(20)21)11-5-7-22-8-6-11/h1-4,11,13H,5-10H2,(H,18,19)(H,20,21). The van der Waals surface area contributed by atoms with Gasteiger partial charge in [0.25, 0.3) is 0 Å². The lowest BCUT2D eigenvalue weighted by molar-refractivity contribution is -0.144. The Morgan fingerprint density at radius 1 is 1.32 bits per heavy atom. The van der Waals surface area contributed by atoms with Crippen LogP contribution in [0.3, 0.4) is 0 Å². The van der Waals surface area contributed by atoms with E-state index in [1.807, 2.05) is 24.3 Å². The van der Waals surface area contributed by atoms with Crippen LogP contribution in [0, 0.1) is 11.8 Å². The predicted molar refractivity (Wildman–Crippen MR) is 85.5 cm³/mol. The SMILES string of the molecule is O=C(Cc1ccccc1Br)NCC(C(=O)O)C1CCOCC1. The Morgan fingerprint density at radius 3 is 2.64 bits per heavy atom. The van der Waals surface area contributed by atoms with E-state index >= 15 is 0 Å². The van der Waals surface area contributed by atoms with Gasteiger partial charge in [-0.15, -0.1) is 0 Å². The first-order chi connectivity index (χ1) is 10.6. The molecule has 5 nitrogen and oxygen atoms in total. The Balaban J connectivity index is 1.87. The molecule has 1 aliphatic heterocycles. The van der Waals surface area contributed by atoms with E-state index in [2.05, 4.69) is 21.2 Å². The first-order valence-corrected chi connectivity index (χ1v) is 8.18. The lowest BCUT2D eigenvalue weighted by atomic mass is 9.86. The molecule has 0 radical (unpaired) electrons. The van der Waals surface area contributed by atoms with Gasteiger partial charge >= 0.3 is 5.97 Å². The van der Waals surface area contributed by atoms with Crippen molar-refractivity contribution >= 4 is 27.8 Å². The van der Waals surface area contributed by atoms with Crippen LogP contribution >= 0.6 is 15.9 Å². The summed E-state index contributed by atoms with van der Waals surface area (Å²) in [5.74, 6) is -1.50. The maximum atomic E-state index is 12.0. The molecule has 1 aromatic rings. The highest BCUT2D eigenvalue weighted by molar-refractivity contribution is 9.10. The van der Waals surface area contributed by atoms with Crippen LogP contribution in [0.15, 0.2) is 28.7 Å². The van der Waals surface area contributed by atoms with Crippen LogP contribution in [0.4, 0.5) is 0 Å². The van der Waals surface area contributed by atoms with Crippen molar-refractivity contribution in [2.24, 2.45) is 11.8 Å². The van der Waals surface area contributed by atoms with Crippen molar-refractivity contribution in [2.75, 3.05) is 19.8 Å². The van der Waals surface area contributed by atoms with Gasteiger partial charge in [0.1, 0.15) is 0 Å². The van der Waals surface area contributed by atoms with Gasteiger partial charge in [-0.25, -0.2) is 0 Å². The Hall–Kier alpha value is -1.40. The number of carboxylic acid groups (broad SMARTS) is 1. The van der Waals surface area contributed by atoms with Gasteiger partial charge in [-0.2, -0.15) is 0 Å². The third-order valence-corrected chi connectivity index (χ3v) is 4.75. The van der Waals surface area contributed by atoms with Crippen LogP contribution in [0.25, 0.3) is 0 Å². The van der Waals surface area contributed by atoms with E-state index in [9.17, 15) is 14.7 Å². The van der Waals surface area contributed by atoms with Crippen molar-refractivity contribution in [3.63, 3.8) is 0 Å². The topological polar surface area (TPSA) is 75.6 Å². The number of aliphatic carboxylic acids is 1. The third-order valence-electron chi connectivity index (χ3n) is 3.98. The molecule has 1 aromatic carbocycles. The largest absolute Gasteiger partial charge is 0.481 e. The second-order valence-corrected chi connectivity index (χ2v) is 6.32. The van der Waals surface area contributed by atoms with Gasteiger partial charge < -0.3 is 15.2 Å². The Morgan fingerprint density at radius 2 is 2.00 bits per heavy atom. The van der Waals surface area contributed by atoms with Gasteiger partial charge in [-0.3, -0.25) is 9.59 Å². The first kappa shape index (κ1) is 17.0. The number of hydrogen-bond acceptors (Lipinski definition) is 3. The zero-order valence-electron chi connectivity index (χ0n) is 12.3. The van der Waals surface area contributed by atoms with Gasteiger partial charge in [-0.05, 0) is 30.4 Å². The maximum absolute atomic E-state index is 12.0. The molecule has 1 saturated heterocycles. The molecule has 1 aliphatic rings. The number of nitrogens with one attached hydrogen (secondary N) is 1. The van der Waals surface area contributed by atoms with Gasteiger partial charge in [0.05, 0.1) is 12.3 Å². The van der Waals surface area contributed by atoms with Crippen LogP contribution in [0.5, 0.6) is 0 Å². The Bertz CT molecular complexity index is 529. The Labute approximate surface area is 138 Å². The van der Waals surface area contributed by atoms with Gasteiger partial charge in [0.15, 0.2) is 0 Å². The summed E-state index contributed by atoms with van der Waals surface area (Å²) in [6, 6.07) is 7.51. The van der Waals surface area contributed by atoms with Crippen molar-refractivity contribution in [1.82, 2.24) is 5.32 Å². The smallest absolute Gasteiger partial charge is 0.308 e. The second kappa shape index (κ2) is 8.29. The van der Waals surface area contributed by atoms with Crippen molar-refractivity contribution < 1.29 is 19.4 Å². The van der Waals surface area contributed by atoms with Crippen molar-refractivity contribution in [3.8, 4) is 0 Å². The summed E-state index contributed by atoms with van der Waals surface area (Å²) in [6.45, 7) is 1.36. The lowest BCUT2D eigenvalue weighted by Crippen LogP contribution is -2.39. The third kappa shape index (κ3) is 4.81. The summed E-state index contributed by atoms with van der Waals surface area (Å²) in [7, 11) is 0. The van der Waals surface area contributed by atoms with Crippen LogP contribution in [-0.4, -0.2) is 36.7 Å². The van der Waals surface area contributed by atoms with E-state index in [1.54, 1.807) is 0 Å². The fourth-order valence-corrected chi connectivity index (χ4v) is 3.10. The molecule has 1 amide bonds. The molecule has 0 spiro atoms. The summed E-state index contributed by atoms with van der Waals surface area (Å²) >= 11 is 3.40. The summed E-state index contributed by atoms with van der Waals surface area (Å²) in [5, 5.41) is 12.1. The molecule has 1 unspecified atom stereocenters. The highest BCUT2D eigenvalue weighted by Crippen LogP contribution is 2.24. The minimum atomic E-state index is -0.854. The number of rotatable bonds is 6. The number of amides is 1. The van der Waals surface area contributed by atoms with Crippen LogP contribution in [0.1, 0.15) is 18.4 Å². The van der Waals surface area contributed by atoms with Crippen LogP contribution < -0.4 is 5.32 Å². The van der Waals surface area contributed by atoms with E-state index in [1.165, 1.54) is 0 Å². The van der Waals surface area contributed by atoms with Crippen LogP contribution in [-0.2, 0) is 20.7 Å². The van der Waals surface area contributed by atoms with Crippen molar-refractivity contribution in [2.45, 2.75) is 19.3 Å². The fraction of sp³-hybridized carbons (Fsp3) is 0.500. The van der Waals surface area contributed by atoms with E-state index in [0.29, 0.717) is 13.2 Å². The van der Waals surface area contributed by atoms with Gasteiger partial charge in [-0.1, -0.05) is 34.1 Å². The molecule has 0 saturated carbocycles. The molecule has 22 heavy (non-hydrogen) atoms. The molecule has 1 atom stereocenters. The van der Waals surface area contributed by atoms with Gasteiger partial charge in [0.2, 0.25) is 5.91 Å². The van der Waals surface area contributed by atoms with E-state index in [4.69, 9.17) is 4.74 Å². The number of halogens is 1. The average molecular weight is 370 g/mol. The molecular weight excluding hydrogens is 350 g/mol. The highest BCUT2D eigenvalue weighted by Gasteiger charge is 2.29. The summed E-state index contributed by atoms with van der Waals surface area (Å²) in [4.78, 5) is 23.4. The molecule has 0 aromatic heterocycles. The molecule has 120 valence electrons. The van der Waals surface area contributed by atoms with Gasteiger partial charge in [0, 0.05) is 24.2 Å². The number of carbonyl (C=O) groups excluding carboxylic acids is 1. The summed E-state index contributed by atoms with van der Waals surface area (Å²) in [5.41, 5.74) is 0.887. The van der Waals surface area contributed by atoms with E-state index in [-0.39, 0.29) is 24.8 Å². The zero-order chi connectivity index (χ0) is 15.9. The quantitative estimate of drug-likeness (QED) is 0.805. The summed E-state index contributed by atoms with van der Waals surface area (Å²) < 4.78 is 6.14. The minimum Gasteiger partial charge on any atom is -0.481 e. The fourth-order valence-electron chi connectivity index (χ4n) is 2.67. The Kier molecular flexibility index (Phi) is 6.39. The first-order valence-electron chi connectivity index (χ1n) is 7.38. The molecule has 1 heterocycles. The number of carbonyl (C=O) groups is 2. The van der Waals surface area contributed by atoms with E-state index < -0.39 is 11.9 Å². The minimum absolute atomic E-state index is 0.0648. The molecule has 0 bridgehead atoms. The van der Waals surface area contributed by atoms with Crippen LogP contribution in [0.2, 0.25) is 0 Å². The molecule has 2 rings (SSSR count).